The zero-order valence-corrected chi connectivity index (χ0v) is 16.4. The minimum Gasteiger partial charge on any atom is -0.474 e. The fourth-order valence-electron chi connectivity index (χ4n) is 2.91. The molecular formula is C20H20F3N5O2. The Bertz CT molecular complexity index is 975. The molecule has 7 nitrogen and oxygen atoms in total. The lowest BCUT2D eigenvalue weighted by Gasteiger charge is -2.28. The van der Waals surface area contributed by atoms with Crippen molar-refractivity contribution in [3.05, 3.63) is 66.4 Å². The lowest BCUT2D eigenvalue weighted by atomic mass is 10.1. The van der Waals surface area contributed by atoms with Gasteiger partial charge < -0.3 is 9.64 Å². The lowest BCUT2D eigenvalue weighted by Crippen LogP contribution is -2.42. The van der Waals surface area contributed by atoms with Crippen molar-refractivity contribution in [2.75, 3.05) is 13.2 Å². The molecule has 0 saturated carbocycles. The Morgan fingerprint density at radius 2 is 1.97 bits per heavy atom. The van der Waals surface area contributed by atoms with Crippen molar-refractivity contribution in [2.45, 2.75) is 26.1 Å². The molecule has 158 valence electrons. The molecular weight excluding hydrogens is 399 g/mol. The summed E-state index contributed by atoms with van der Waals surface area (Å²) < 4.78 is 44.8. The molecule has 1 unspecified atom stereocenters. The van der Waals surface area contributed by atoms with Gasteiger partial charge in [-0.05, 0) is 32.0 Å². The number of alkyl halides is 3. The Hall–Kier alpha value is -3.43. The number of carbonyl (C=O) groups is 1. The Morgan fingerprint density at radius 1 is 1.20 bits per heavy atom. The number of benzene rings is 1. The van der Waals surface area contributed by atoms with E-state index >= 15 is 0 Å². The van der Waals surface area contributed by atoms with E-state index in [1.165, 1.54) is 0 Å². The summed E-state index contributed by atoms with van der Waals surface area (Å²) in [5.41, 5.74) is 0.0281. The van der Waals surface area contributed by atoms with E-state index in [4.69, 9.17) is 4.74 Å². The van der Waals surface area contributed by atoms with Crippen LogP contribution in [0.1, 0.15) is 29.9 Å². The van der Waals surface area contributed by atoms with Gasteiger partial charge >= 0.3 is 6.18 Å². The highest BCUT2D eigenvalue weighted by Crippen LogP contribution is 2.27. The predicted molar refractivity (Wildman–Crippen MR) is 102 cm³/mol. The van der Waals surface area contributed by atoms with Crippen LogP contribution in [0.4, 0.5) is 13.2 Å². The van der Waals surface area contributed by atoms with Crippen LogP contribution in [-0.2, 0) is 6.18 Å². The summed E-state index contributed by atoms with van der Waals surface area (Å²) in [7, 11) is 0. The van der Waals surface area contributed by atoms with Gasteiger partial charge in [-0.1, -0.05) is 12.1 Å². The molecule has 3 rings (SSSR count). The highest BCUT2D eigenvalue weighted by atomic mass is 19.4. The number of carbonyl (C=O) groups excluding carboxylic acids is 1. The zero-order chi connectivity index (χ0) is 21.7. The van der Waals surface area contributed by atoms with Crippen LogP contribution >= 0.6 is 0 Å². The quantitative estimate of drug-likeness (QED) is 0.585. The van der Waals surface area contributed by atoms with Crippen molar-refractivity contribution in [1.29, 1.82) is 0 Å². The summed E-state index contributed by atoms with van der Waals surface area (Å²) in [4.78, 5) is 21.7. The van der Waals surface area contributed by atoms with Crippen molar-refractivity contribution in [3.8, 4) is 11.6 Å². The molecule has 2 heterocycles. The number of amides is 1. The van der Waals surface area contributed by atoms with Crippen LogP contribution in [0.2, 0.25) is 0 Å². The van der Waals surface area contributed by atoms with Crippen molar-refractivity contribution in [3.63, 3.8) is 0 Å². The van der Waals surface area contributed by atoms with Gasteiger partial charge in [0.15, 0.2) is 5.69 Å². The van der Waals surface area contributed by atoms with Gasteiger partial charge in [-0.15, -0.1) is 0 Å². The first kappa shape index (κ1) is 21.3. The lowest BCUT2D eigenvalue weighted by molar-refractivity contribution is -0.141. The molecule has 0 spiro atoms. The molecule has 0 fully saturated rings. The Balaban J connectivity index is 1.71. The molecule has 1 atom stereocenters. The highest BCUT2D eigenvalue weighted by molar-refractivity contribution is 5.98. The number of halogens is 3. The number of nitrogens with zero attached hydrogens (tertiary/aromatic N) is 5. The fourth-order valence-corrected chi connectivity index (χ4v) is 2.91. The molecule has 1 aromatic carbocycles. The predicted octanol–water partition coefficient (Wildman–Crippen LogP) is 3.61. The van der Waals surface area contributed by atoms with Crippen LogP contribution in [0.25, 0.3) is 5.69 Å². The van der Waals surface area contributed by atoms with Gasteiger partial charge in [-0.2, -0.15) is 18.3 Å². The molecule has 30 heavy (non-hydrogen) atoms. The van der Waals surface area contributed by atoms with Gasteiger partial charge in [0.05, 0.1) is 29.7 Å². The summed E-state index contributed by atoms with van der Waals surface area (Å²) in [5, 5.41) is 4.19. The van der Waals surface area contributed by atoms with Crippen LogP contribution in [0.5, 0.6) is 5.88 Å². The third kappa shape index (κ3) is 4.76. The van der Waals surface area contributed by atoms with Gasteiger partial charge in [-0.3, -0.25) is 4.79 Å². The standard InChI is InChI=1S/C20H20F3N5O2/c1-3-27(14(2)13-30-18-12-24-17(11-25-18)20(21,22)23)19(29)15-7-4-5-8-16(15)28-10-6-9-26-28/h4-12,14H,3,13H2,1-2H3. The van der Waals surface area contributed by atoms with Crippen molar-refractivity contribution >= 4 is 5.91 Å². The maximum atomic E-state index is 13.2. The molecule has 2 aromatic heterocycles. The fraction of sp³-hybridized carbons (Fsp3) is 0.300. The van der Waals surface area contributed by atoms with Crippen LogP contribution in [-0.4, -0.2) is 49.7 Å². The van der Waals surface area contributed by atoms with Crippen LogP contribution in [0, 0.1) is 0 Å². The van der Waals surface area contributed by atoms with E-state index in [0.29, 0.717) is 24.0 Å². The maximum Gasteiger partial charge on any atom is 0.434 e. The Kier molecular flexibility index (Phi) is 6.34. The van der Waals surface area contributed by atoms with E-state index in [2.05, 4.69) is 15.1 Å². The summed E-state index contributed by atoms with van der Waals surface area (Å²) in [5.74, 6) is -0.256. The minimum atomic E-state index is -4.56. The average Bonchev–Trinajstić information content (AvgIpc) is 3.27. The molecule has 0 aliphatic carbocycles. The summed E-state index contributed by atoms with van der Waals surface area (Å²) >= 11 is 0. The molecule has 1 amide bonds. The van der Waals surface area contributed by atoms with E-state index in [1.807, 2.05) is 13.0 Å². The van der Waals surface area contributed by atoms with Crippen molar-refractivity contribution < 1.29 is 22.7 Å². The molecule has 0 radical (unpaired) electrons. The normalized spacial score (nSPS) is 12.4. The van der Waals surface area contributed by atoms with Crippen LogP contribution in [0.3, 0.4) is 0 Å². The third-order valence-corrected chi connectivity index (χ3v) is 4.41. The highest BCUT2D eigenvalue weighted by Gasteiger charge is 2.33. The minimum absolute atomic E-state index is 0.0452. The number of rotatable bonds is 7. The first-order valence-corrected chi connectivity index (χ1v) is 9.23. The van der Waals surface area contributed by atoms with Crippen LogP contribution < -0.4 is 4.74 Å². The molecule has 0 saturated heterocycles. The molecule has 0 aliphatic heterocycles. The molecule has 3 aromatic rings. The van der Waals surface area contributed by atoms with Gasteiger partial charge in [-0.25, -0.2) is 14.6 Å². The number of hydrogen-bond donors (Lipinski definition) is 0. The van der Waals surface area contributed by atoms with E-state index in [9.17, 15) is 18.0 Å². The molecule has 10 heteroatoms. The second-order valence-corrected chi connectivity index (χ2v) is 6.46. The summed E-state index contributed by atoms with van der Waals surface area (Å²) in [6, 6.07) is 8.51. The van der Waals surface area contributed by atoms with Gasteiger partial charge in [0, 0.05) is 18.9 Å². The smallest absolute Gasteiger partial charge is 0.434 e. The van der Waals surface area contributed by atoms with Gasteiger partial charge in [0.1, 0.15) is 6.61 Å². The van der Waals surface area contributed by atoms with E-state index in [1.54, 1.807) is 53.2 Å². The number of hydrogen-bond acceptors (Lipinski definition) is 5. The first-order valence-electron chi connectivity index (χ1n) is 9.23. The summed E-state index contributed by atoms with van der Waals surface area (Å²) in [6.07, 6.45) is 0.342. The SMILES string of the molecule is CCN(C(=O)c1ccccc1-n1cccn1)C(C)COc1cnc(C(F)(F)F)cn1. The number of aromatic nitrogens is 4. The molecule has 0 aliphatic rings. The third-order valence-electron chi connectivity index (χ3n) is 4.41. The Labute approximate surface area is 171 Å². The maximum absolute atomic E-state index is 13.2. The summed E-state index contributed by atoms with van der Waals surface area (Å²) in [6.45, 7) is 4.08. The van der Waals surface area contributed by atoms with E-state index in [-0.39, 0.29) is 24.4 Å². The topological polar surface area (TPSA) is 73.1 Å². The van der Waals surface area contributed by atoms with Crippen molar-refractivity contribution in [1.82, 2.24) is 24.6 Å². The van der Waals surface area contributed by atoms with Crippen molar-refractivity contribution in [2.24, 2.45) is 0 Å². The molecule has 0 N–H and O–H groups in total. The van der Waals surface area contributed by atoms with Crippen LogP contribution in [0.15, 0.2) is 55.1 Å². The number of ether oxygens (including phenoxy) is 1. The van der Waals surface area contributed by atoms with E-state index in [0.717, 1.165) is 6.20 Å². The molecule has 0 bridgehead atoms. The largest absolute Gasteiger partial charge is 0.474 e. The zero-order valence-electron chi connectivity index (χ0n) is 16.4. The average molecular weight is 419 g/mol. The van der Waals surface area contributed by atoms with Gasteiger partial charge in [0.2, 0.25) is 5.88 Å². The van der Waals surface area contributed by atoms with E-state index < -0.39 is 11.9 Å². The second-order valence-electron chi connectivity index (χ2n) is 6.46. The first-order chi connectivity index (χ1) is 14.3. The second kappa shape index (κ2) is 8.93. The number of para-hydroxylation sites is 1. The number of likely N-dealkylation sites (N-methyl/N-ethyl adjacent to an activating group) is 1. The van der Waals surface area contributed by atoms with Gasteiger partial charge in [0.25, 0.3) is 5.91 Å². The monoisotopic (exact) mass is 419 g/mol. The Morgan fingerprint density at radius 3 is 2.57 bits per heavy atom.